The number of aromatic nitrogens is 4. The first kappa shape index (κ1) is 11.4. The Morgan fingerprint density at radius 1 is 1.25 bits per heavy atom. The summed E-state index contributed by atoms with van der Waals surface area (Å²) in [6.45, 7) is 0. The van der Waals surface area contributed by atoms with E-state index >= 15 is 0 Å². The molecule has 100 valence electrons. The van der Waals surface area contributed by atoms with Gasteiger partial charge in [-0.3, -0.25) is 0 Å². The van der Waals surface area contributed by atoms with Crippen LogP contribution in [0.5, 0.6) is 5.88 Å². The predicted molar refractivity (Wildman–Crippen MR) is 75.6 cm³/mol. The Kier molecular flexibility index (Phi) is 2.45. The van der Waals surface area contributed by atoms with E-state index in [1.165, 1.54) is 18.4 Å². The Morgan fingerprint density at radius 2 is 2.15 bits per heavy atom. The second-order valence-corrected chi connectivity index (χ2v) is 5.03. The van der Waals surface area contributed by atoms with Crippen molar-refractivity contribution < 1.29 is 4.74 Å². The van der Waals surface area contributed by atoms with Crippen molar-refractivity contribution in [2.24, 2.45) is 0 Å². The van der Waals surface area contributed by atoms with Gasteiger partial charge in [0.05, 0.1) is 29.9 Å². The summed E-state index contributed by atoms with van der Waals surface area (Å²) in [4.78, 5) is 16.5. The first-order valence-corrected chi connectivity index (χ1v) is 6.70. The molecule has 0 aliphatic heterocycles. The minimum absolute atomic E-state index is 0.590. The van der Waals surface area contributed by atoms with E-state index in [1.54, 1.807) is 19.5 Å². The van der Waals surface area contributed by atoms with Crippen LogP contribution in [0.2, 0.25) is 0 Å². The molecule has 0 unspecified atom stereocenters. The van der Waals surface area contributed by atoms with E-state index in [0.717, 1.165) is 16.6 Å². The fourth-order valence-electron chi connectivity index (χ4n) is 2.53. The molecule has 1 N–H and O–H groups in total. The van der Waals surface area contributed by atoms with Crippen LogP contribution in [-0.4, -0.2) is 27.0 Å². The van der Waals surface area contributed by atoms with Crippen molar-refractivity contribution >= 4 is 11.0 Å². The Labute approximate surface area is 116 Å². The van der Waals surface area contributed by atoms with Gasteiger partial charge in [-0.25, -0.2) is 15.0 Å². The molecule has 3 aromatic rings. The van der Waals surface area contributed by atoms with E-state index in [0.29, 0.717) is 17.6 Å². The molecular formula is C15H14N4O. The number of aromatic amines is 1. The van der Waals surface area contributed by atoms with Gasteiger partial charge in [-0.05, 0) is 36.5 Å². The fourth-order valence-corrected chi connectivity index (χ4v) is 2.53. The molecule has 0 aromatic carbocycles. The molecule has 0 spiro atoms. The van der Waals surface area contributed by atoms with E-state index in [9.17, 15) is 0 Å². The van der Waals surface area contributed by atoms with Crippen LogP contribution in [0.15, 0.2) is 30.7 Å². The summed E-state index contributed by atoms with van der Waals surface area (Å²) in [6, 6.07) is 4.00. The van der Waals surface area contributed by atoms with Crippen molar-refractivity contribution in [1.82, 2.24) is 19.9 Å². The number of nitrogens with one attached hydrogen (secondary N) is 1. The lowest BCUT2D eigenvalue weighted by Gasteiger charge is -2.11. The van der Waals surface area contributed by atoms with Crippen LogP contribution in [0.25, 0.3) is 22.4 Å². The molecule has 0 atom stereocenters. The van der Waals surface area contributed by atoms with Gasteiger partial charge in [0.15, 0.2) is 5.82 Å². The van der Waals surface area contributed by atoms with Crippen molar-refractivity contribution in [1.29, 1.82) is 0 Å². The smallest absolute Gasteiger partial charge is 0.224 e. The molecule has 0 saturated heterocycles. The highest BCUT2D eigenvalue weighted by molar-refractivity contribution is 5.78. The molecule has 20 heavy (non-hydrogen) atoms. The molecule has 1 saturated carbocycles. The van der Waals surface area contributed by atoms with Gasteiger partial charge in [0.1, 0.15) is 0 Å². The molecule has 5 nitrogen and oxygen atoms in total. The Hall–Kier alpha value is -2.43. The third-order valence-corrected chi connectivity index (χ3v) is 3.68. The summed E-state index contributed by atoms with van der Waals surface area (Å²) in [5.74, 6) is 1.88. The second kappa shape index (κ2) is 4.30. The van der Waals surface area contributed by atoms with E-state index in [1.807, 2.05) is 12.3 Å². The van der Waals surface area contributed by atoms with E-state index in [4.69, 9.17) is 4.74 Å². The van der Waals surface area contributed by atoms with Gasteiger partial charge >= 0.3 is 0 Å². The summed E-state index contributed by atoms with van der Waals surface area (Å²) >= 11 is 0. The Morgan fingerprint density at radius 3 is 2.95 bits per heavy atom. The molecule has 3 heterocycles. The maximum atomic E-state index is 5.41. The maximum absolute atomic E-state index is 5.41. The van der Waals surface area contributed by atoms with Crippen molar-refractivity contribution in [2.75, 3.05) is 7.11 Å². The van der Waals surface area contributed by atoms with Crippen LogP contribution in [0.4, 0.5) is 0 Å². The van der Waals surface area contributed by atoms with Crippen molar-refractivity contribution in [2.45, 2.75) is 18.8 Å². The molecule has 1 aliphatic carbocycles. The first-order chi connectivity index (χ1) is 9.86. The van der Waals surface area contributed by atoms with Crippen LogP contribution in [-0.2, 0) is 0 Å². The molecule has 1 fully saturated rings. The van der Waals surface area contributed by atoms with E-state index in [2.05, 4.69) is 26.0 Å². The van der Waals surface area contributed by atoms with Crippen LogP contribution in [0.1, 0.15) is 24.3 Å². The number of hydrogen-bond donors (Lipinski definition) is 1. The van der Waals surface area contributed by atoms with Gasteiger partial charge in [-0.1, -0.05) is 0 Å². The standard InChI is InChI=1S/C15H14N4O/c1-20-15-13(10(4-6-17-15)9-2-3-9)14-18-8-12-11(19-14)5-7-16-12/h4-9,16H,2-3H2,1H3. The second-order valence-electron chi connectivity index (χ2n) is 5.03. The minimum Gasteiger partial charge on any atom is -0.480 e. The summed E-state index contributed by atoms with van der Waals surface area (Å²) < 4.78 is 5.41. The monoisotopic (exact) mass is 266 g/mol. The average Bonchev–Trinajstić information content (AvgIpc) is 3.23. The van der Waals surface area contributed by atoms with Crippen LogP contribution >= 0.6 is 0 Å². The van der Waals surface area contributed by atoms with Gasteiger partial charge in [-0.15, -0.1) is 0 Å². The van der Waals surface area contributed by atoms with Gasteiger partial charge in [0.25, 0.3) is 0 Å². The highest BCUT2D eigenvalue weighted by Gasteiger charge is 2.29. The molecule has 1 aliphatic rings. The summed E-state index contributed by atoms with van der Waals surface area (Å²) in [6.07, 6.45) is 7.90. The van der Waals surface area contributed by atoms with Gasteiger partial charge in [0.2, 0.25) is 5.88 Å². The predicted octanol–water partition coefficient (Wildman–Crippen LogP) is 2.91. The maximum Gasteiger partial charge on any atom is 0.224 e. The zero-order valence-electron chi connectivity index (χ0n) is 11.1. The third-order valence-electron chi connectivity index (χ3n) is 3.68. The van der Waals surface area contributed by atoms with Crippen molar-refractivity contribution in [3.8, 4) is 17.3 Å². The molecular weight excluding hydrogens is 252 g/mol. The topological polar surface area (TPSA) is 63.7 Å². The SMILES string of the molecule is COc1nccc(C2CC2)c1-c1ncc2[nH]ccc2n1. The van der Waals surface area contributed by atoms with Gasteiger partial charge in [0, 0.05) is 12.4 Å². The zero-order valence-corrected chi connectivity index (χ0v) is 11.1. The summed E-state index contributed by atoms with van der Waals surface area (Å²) in [5.41, 5.74) is 4.01. The lowest BCUT2D eigenvalue weighted by atomic mass is 10.0. The largest absolute Gasteiger partial charge is 0.480 e. The Bertz CT molecular complexity index is 776. The molecule has 3 aromatic heterocycles. The van der Waals surface area contributed by atoms with E-state index < -0.39 is 0 Å². The lowest BCUT2D eigenvalue weighted by molar-refractivity contribution is 0.399. The third kappa shape index (κ3) is 1.74. The summed E-state index contributed by atoms with van der Waals surface area (Å²) in [5, 5.41) is 0. The zero-order chi connectivity index (χ0) is 13.5. The normalized spacial score (nSPS) is 14.7. The number of hydrogen-bond acceptors (Lipinski definition) is 4. The average molecular weight is 266 g/mol. The highest BCUT2D eigenvalue weighted by atomic mass is 16.5. The molecule has 5 heteroatoms. The van der Waals surface area contributed by atoms with Crippen LogP contribution in [0, 0.1) is 0 Å². The molecule has 0 radical (unpaired) electrons. The van der Waals surface area contributed by atoms with Gasteiger partial charge in [-0.2, -0.15) is 0 Å². The molecule has 4 rings (SSSR count). The fraction of sp³-hybridized carbons (Fsp3) is 0.267. The quantitative estimate of drug-likeness (QED) is 0.791. The van der Waals surface area contributed by atoms with Crippen molar-refractivity contribution in [3.63, 3.8) is 0 Å². The number of fused-ring (bicyclic) bond motifs is 1. The van der Waals surface area contributed by atoms with E-state index in [-0.39, 0.29) is 0 Å². The lowest BCUT2D eigenvalue weighted by Crippen LogP contribution is -1.99. The highest BCUT2D eigenvalue weighted by Crippen LogP contribution is 2.46. The number of H-pyrrole nitrogens is 1. The molecule has 0 bridgehead atoms. The Balaban J connectivity index is 1.95. The number of pyridine rings is 1. The van der Waals surface area contributed by atoms with Gasteiger partial charge < -0.3 is 9.72 Å². The van der Waals surface area contributed by atoms with Crippen LogP contribution < -0.4 is 4.74 Å². The van der Waals surface area contributed by atoms with Crippen LogP contribution in [0.3, 0.4) is 0 Å². The summed E-state index contributed by atoms with van der Waals surface area (Å²) in [7, 11) is 1.64. The number of ether oxygens (including phenoxy) is 1. The number of methoxy groups -OCH3 is 1. The number of nitrogens with zero attached hydrogens (tertiary/aromatic N) is 3. The number of rotatable bonds is 3. The van der Waals surface area contributed by atoms with Crippen molar-refractivity contribution in [3.05, 3.63) is 36.3 Å². The molecule has 0 amide bonds. The first-order valence-electron chi connectivity index (χ1n) is 6.70. The minimum atomic E-state index is 0.590.